The minimum atomic E-state index is 0.138. The molecule has 3 atom stereocenters. The molecule has 1 aromatic carbocycles. The Bertz CT molecular complexity index is 448. The normalized spacial score (nSPS) is 28.0. The van der Waals surface area contributed by atoms with Gasteiger partial charge in [0.1, 0.15) is 0 Å². The molecule has 3 heteroatoms. The van der Waals surface area contributed by atoms with Crippen LogP contribution in [0.15, 0.2) is 24.3 Å². The molecule has 0 aromatic heterocycles. The van der Waals surface area contributed by atoms with Crippen LogP contribution in [-0.4, -0.2) is 24.0 Å². The van der Waals surface area contributed by atoms with Gasteiger partial charge < -0.3 is 5.73 Å². The van der Waals surface area contributed by atoms with Crippen molar-refractivity contribution in [2.24, 2.45) is 11.7 Å². The van der Waals surface area contributed by atoms with E-state index in [1.165, 1.54) is 31.2 Å². The highest BCUT2D eigenvalue weighted by atomic mass is 35.5. The monoisotopic (exact) mass is 294 g/mol. The van der Waals surface area contributed by atoms with E-state index in [-0.39, 0.29) is 5.54 Å². The van der Waals surface area contributed by atoms with Gasteiger partial charge in [-0.1, -0.05) is 43.1 Å². The number of halogens is 1. The van der Waals surface area contributed by atoms with Crippen LogP contribution in [-0.2, 0) is 0 Å². The molecule has 0 heterocycles. The molecule has 1 fully saturated rings. The van der Waals surface area contributed by atoms with Crippen molar-refractivity contribution in [2.75, 3.05) is 13.6 Å². The third-order valence-electron chi connectivity index (χ3n) is 5.33. The van der Waals surface area contributed by atoms with Gasteiger partial charge in [0.15, 0.2) is 0 Å². The van der Waals surface area contributed by atoms with Crippen molar-refractivity contribution >= 4 is 11.6 Å². The molecule has 0 aliphatic heterocycles. The van der Waals surface area contributed by atoms with E-state index < -0.39 is 0 Å². The fourth-order valence-electron chi connectivity index (χ4n) is 3.65. The highest BCUT2D eigenvalue weighted by Crippen LogP contribution is 2.43. The van der Waals surface area contributed by atoms with Gasteiger partial charge in [-0.05, 0) is 50.8 Å². The van der Waals surface area contributed by atoms with E-state index in [9.17, 15) is 0 Å². The second kappa shape index (κ2) is 6.46. The summed E-state index contributed by atoms with van der Waals surface area (Å²) in [5.74, 6) is 0.819. The van der Waals surface area contributed by atoms with Gasteiger partial charge in [-0.3, -0.25) is 4.90 Å². The van der Waals surface area contributed by atoms with Crippen molar-refractivity contribution in [3.63, 3.8) is 0 Å². The van der Waals surface area contributed by atoms with E-state index in [4.69, 9.17) is 17.3 Å². The van der Waals surface area contributed by atoms with Gasteiger partial charge in [-0.2, -0.15) is 0 Å². The Morgan fingerprint density at radius 1 is 1.45 bits per heavy atom. The molecule has 2 nitrogen and oxygen atoms in total. The van der Waals surface area contributed by atoms with Crippen molar-refractivity contribution in [3.8, 4) is 0 Å². The number of rotatable bonds is 5. The number of hydrogen-bond acceptors (Lipinski definition) is 2. The van der Waals surface area contributed by atoms with Crippen LogP contribution in [0.1, 0.15) is 51.1 Å². The Morgan fingerprint density at radius 2 is 2.15 bits per heavy atom. The molecule has 1 saturated carbocycles. The summed E-state index contributed by atoms with van der Waals surface area (Å²) in [6.45, 7) is 5.25. The highest BCUT2D eigenvalue weighted by molar-refractivity contribution is 6.31. The quantitative estimate of drug-likeness (QED) is 0.880. The smallest absolute Gasteiger partial charge is 0.0453 e. The number of hydrogen-bond donors (Lipinski definition) is 1. The fraction of sp³-hybridized carbons (Fsp3) is 0.647. The number of nitrogens with zero attached hydrogens (tertiary/aromatic N) is 1. The molecule has 1 aliphatic rings. The second-order valence-electron chi connectivity index (χ2n) is 6.25. The lowest BCUT2D eigenvalue weighted by atomic mass is 9.90. The molecule has 2 N–H and O–H groups in total. The van der Waals surface area contributed by atoms with Crippen LogP contribution in [0.3, 0.4) is 0 Å². The molecule has 0 radical (unpaired) electrons. The Kier molecular flexibility index (Phi) is 5.11. The van der Waals surface area contributed by atoms with Crippen LogP contribution in [0.5, 0.6) is 0 Å². The predicted molar refractivity (Wildman–Crippen MR) is 87.0 cm³/mol. The standard InChI is InChI=1S/C17H27ClN2/c1-4-14-9-10-17(11-14,12-19)20(3)13(2)15-7-5-6-8-16(15)18/h5-8,13-14H,4,9-12,19H2,1-3H3. The first kappa shape index (κ1) is 15.8. The van der Waals surface area contributed by atoms with Gasteiger partial charge in [-0.15, -0.1) is 0 Å². The van der Waals surface area contributed by atoms with E-state index in [2.05, 4.69) is 37.9 Å². The van der Waals surface area contributed by atoms with Crippen LogP contribution in [0.2, 0.25) is 5.02 Å². The first-order valence-electron chi connectivity index (χ1n) is 7.71. The molecule has 0 amide bonds. The second-order valence-corrected chi connectivity index (χ2v) is 6.66. The predicted octanol–water partition coefficient (Wildman–Crippen LogP) is 4.24. The zero-order chi connectivity index (χ0) is 14.8. The van der Waals surface area contributed by atoms with Crippen molar-refractivity contribution in [1.29, 1.82) is 0 Å². The van der Waals surface area contributed by atoms with E-state index in [1.54, 1.807) is 0 Å². The minimum absolute atomic E-state index is 0.138. The fourth-order valence-corrected chi connectivity index (χ4v) is 3.94. The third kappa shape index (κ3) is 2.88. The van der Waals surface area contributed by atoms with E-state index in [1.807, 2.05) is 12.1 Å². The summed E-state index contributed by atoms with van der Waals surface area (Å²) in [6.07, 6.45) is 4.97. The molecule has 2 rings (SSSR count). The molecule has 0 bridgehead atoms. The molecule has 20 heavy (non-hydrogen) atoms. The van der Waals surface area contributed by atoms with Gasteiger partial charge in [0.2, 0.25) is 0 Å². The number of likely N-dealkylation sites (N-methyl/N-ethyl adjacent to an activating group) is 1. The molecule has 0 saturated heterocycles. The van der Waals surface area contributed by atoms with Crippen LogP contribution < -0.4 is 5.73 Å². The molecule has 112 valence electrons. The van der Waals surface area contributed by atoms with Crippen LogP contribution in [0.4, 0.5) is 0 Å². The lowest BCUT2D eigenvalue weighted by Gasteiger charge is -2.42. The van der Waals surface area contributed by atoms with Crippen molar-refractivity contribution < 1.29 is 0 Å². The first-order valence-corrected chi connectivity index (χ1v) is 8.09. The largest absolute Gasteiger partial charge is 0.329 e. The summed E-state index contributed by atoms with van der Waals surface area (Å²) >= 11 is 6.36. The summed E-state index contributed by atoms with van der Waals surface area (Å²) in [5, 5.41) is 0.851. The van der Waals surface area contributed by atoms with Crippen LogP contribution in [0.25, 0.3) is 0 Å². The Labute approximate surface area is 128 Å². The highest BCUT2D eigenvalue weighted by Gasteiger charge is 2.42. The third-order valence-corrected chi connectivity index (χ3v) is 5.67. The Hall–Kier alpha value is -0.570. The minimum Gasteiger partial charge on any atom is -0.329 e. The van der Waals surface area contributed by atoms with E-state index in [0.29, 0.717) is 6.04 Å². The number of nitrogens with two attached hydrogens (primary N) is 1. The van der Waals surface area contributed by atoms with Crippen molar-refractivity contribution in [3.05, 3.63) is 34.9 Å². The zero-order valence-electron chi connectivity index (χ0n) is 12.9. The zero-order valence-corrected chi connectivity index (χ0v) is 13.7. The summed E-state index contributed by atoms with van der Waals surface area (Å²) in [5.41, 5.74) is 7.50. The average molecular weight is 295 g/mol. The summed E-state index contributed by atoms with van der Waals surface area (Å²) in [6, 6.07) is 8.44. The first-order chi connectivity index (χ1) is 9.54. The molecular formula is C17H27ClN2. The Balaban J connectivity index is 2.21. The van der Waals surface area contributed by atoms with Gasteiger partial charge in [0.05, 0.1) is 0 Å². The maximum atomic E-state index is 6.36. The van der Waals surface area contributed by atoms with Crippen LogP contribution in [0, 0.1) is 5.92 Å². The van der Waals surface area contributed by atoms with Gasteiger partial charge in [0, 0.05) is 23.1 Å². The maximum absolute atomic E-state index is 6.36. The lowest BCUT2D eigenvalue weighted by molar-refractivity contribution is 0.0854. The average Bonchev–Trinajstić information content (AvgIpc) is 2.91. The van der Waals surface area contributed by atoms with Gasteiger partial charge >= 0.3 is 0 Å². The molecule has 1 aromatic rings. The maximum Gasteiger partial charge on any atom is 0.0453 e. The van der Waals surface area contributed by atoms with Crippen LogP contribution >= 0.6 is 11.6 Å². The van der Waals surface area contributed by atoms with Crippen molar-refractivity contribution in [2.45, 2.75) is 51.1 Å². The van der Waals surface area contributed by atoms with Gasteiger partial charge in [0.25, 0.3) is 0 Å². The molecule has 1 aliphatic carbocycles. The van der Waals surface area contributed by atoms with E-state index >= 15 is 0 Å². The summed E-state index contributed by atoms with van der Waals surface area (Å²) in [4.78, 5) is 2.46. The summed E-state index contributed by atoms with van der Waals surface area (Å²) in [7, 11) is 2.21. The van der Waals surface area contributed by atoms with Crippen molar-refractivity contribution in [1.82, 2.24) is 4.90 Å². The SMILES string of the molecule is CCC1CCC(CN)(N(C)C(C)c2ccccc2Cl)C1. The molecule has 3 unspecified atom stereocenters. The lowest BCUT2D eigenvalue weighted by Crippen LogP contribution is -2.51. The molecule has 0 spiro atoms. The van der Waals surface area contributed by atoms with Gasteiger partial charge in [-0.25, -0.2) is 0 Å². The molecular weight excluding hydrogens is 268 g/mol. The van der Waals surface area contributed by atoms with E-state index in [0.717, 1.165) is 17.5 Å². The summed E-state index contributed by atoms with van der Waals surface area (Å²) < 4.78 is 0. The topological polar surface area (TPSA) is 29.3 Å². The number of benzene rings is 1. The Morgan fingerprint density at radius 3 is 2.70 bits per heavy atom.